The maximum absolute atomic E-state index is 12.3. The molecule has 7 nitrogen and oxygen atoms in total. The van der Waals surface area contributed by atoms with Crippen molar-refractivity contribution >= 4 is 17.5 Å². The van der Waals surface area contributed by atoms with Gasteiger partial charge in [0.1, 0.15) is 5.75 Å². The van der Waals surface area contributed by atoms with Crippen molar-refractivity contribution in [3.8, 4) is 5.75 Å². The van der Waals surface area contributed by atoms with Crippen LogP contribution in [0.2, 0.25) is 0 Å². The first-order valence-electron chi connectivity index (χ1n) is 8.20. The molecule has 2 aliphatic rings. The molecular formula is C17H23N3O4. The number of hydrogen-bond donors (Lipinski definition) is 2. The number of amides is 2. The Kier molecular flexibility index (Phi) is 5.32. The zero-order valence-corrected chi connectivity index (χ0v) is 13.8. The van der Waals surface area contributed by atoms with E-state index in [1.807, 2.05) is 24.3 Å². The molecule has 1 aromatic carbocycles. The smallest absolute Gasteiger partial charge is 0.229 e. The van der Waals surface area contributed by atoms with E-state index in [9.17, 15) is 9.59 Å². The van der Waals surface area contributed by atoms with E-state index in [0.29, 0.717) is 38.3 Å². The standard InChI is InChI=1S/C17H23N3O4/c1-23-15-4-2-3-14(9-15)20-10-12(8-17(20)22)19-16(21)7-13-11-24-6-5-18-13/h2-4,9,12-13,18H,5-8,10-11H2,1H3,(H,19,21). The van der Waals surface area contributed by atoms with Crippen LogP contribution in [-0.4, -0.2) is 57.3 Å². The van der Waals surface area contributed by atoms with E-state index >= 15 is 0 Å². The second-order valence-electron chi connectivity index (χ2n) is 6.10. The lowest BCUT2D eigenvalue weighted by atomic mass is 10.1. The minimum absolute atomic E-state index is 0.00711. The fraction of sp³-hybridized carbons (Fsp3) is 0.529. The molecule has 2 N–H and O–H groups in total. The van der Waals surface area contributed by atoms with E-state index in [1.54, 1.807) is 12.0 Å². The molecule has 24 heavy (non-hydrogen) atoms. The maximum atomic E-state index is 12.3. The summed E-state index contributed by atoms with van der Waals surface area (Å²) in [5.41, 5.74) is 0.790. The molecule has 7 heteroatoms. The Morgan fingerprint density at radius 1 is 1.50 bits per heavy atom. The van der Waals surface area contributed by atoms with Crippen molar-refractivity contribution in [2.75, 3.05) is 38.3 Å². The summed E-state index contributed by atoms with van der Waals surface area (Å²) in [6.45, 7) is 2.48. The minimum atomic E-state index is -0.166. The molecule has 0 bridgehead atoms. The number of benzene rings is 1. The average molecular weight is 333 g/mol. The molecule has 2 heterocycles. The number of carbonyl (C=O) groups is 2. The quantitative estimate of drug-likeness (QED) is 0.810. The van der Waals surface area contributed by atoms with Gasteiger partial charge in [-0.2, -0.15) is 0 Å². The van der Waals surface area contributed by atoms with Gasteiger partial charge in [0, 0.05) is 43.7 Å². The van der Waals surface area contributed by atoms with E-state index in [2.05, 4.69) is 10.6 Å². The zero-order valence-electron chi connectivity index (χ0n) is 13.8. The Balaban J connectivity index is 1.55. The van der Waals surface area contributed by atoms with Gasteiger partial charge in [0.15, 0.2) is 0 Å². The molecular weight excluding hydrogens is 310 g/mol. The fourth-order valence-electron chi connectivity index (χ4n) is 3.09. The van der Waals surface area contributed by atoms with Gasteiger partial charge in [-0.05, 0) is 12.1 Å². The number of methoxy groups -OCH3 is 1. The number of morpholine rings is 1. The Morgan fingerprint density at radius 3 is 3.12 bits per heavy atom. The van der Waals surface area contributed by atoms with Crippen molar-refractivity contribution in [2.45, 2.75) is 24.9 Å². The van der Waals surface area contributed by atoms with Crippen LogP contribution in [0.3, 0.4) is 0 Å². The number of anilines is 1. The summed E-state index contributed by atoms with van der Waals surface area (Å²) in [5.74, 6) is 0.659. The number of nitrogens with one attached hydrogen (secondary N) is 2. The molecule has 1 aromatic rings. The minimum Gasteiger partial charge on any atom is -0.497 e. The van der Waals surface area contributed by atoms with E-state index < -0.39 is 0 Å². The van der Waals surface area contributed by atoms with Crippen molar-refractivity contribution in [3.05, 3.63) is 24.3 Å². The summed E-state index contributed by atoms with van der Waals surface area (Å²) in [6, 6.07) is 7.26. The van der Waals surface area contributed by atoms with Gasteiger partial charge in [0.2, 0.25) is 11.8 Å². The summed E-state index contributed by atoms with van der Waals surface area (Å²) in [4.78, 5) is 26.1. The lowest BCUT2D eigenvalue weighted by molar-refractivity contribution is -0.122. The van der Waals surface area contributed by atoms with E-state index in [0.717, 1.165) is 12.2 Å². The lowest BCUT2D eigenvalue weighted by Gasteiger charge is -2.24. The molecule has 0 radical (unpaired) electrons. The Morgan fingerprint density at radius 2 is 2.38 bits per heavy atom. The molecule has 0 aromatic heterocycles. The summed E-state index contributed by atoms with van der Waals surface area (Å²) < 4.78 is 10.5. The van der Waals surface area contributed by atoms with Crippen LogP contribution in [-0.2, 0) is 14.3 Å². The summed E-state index contributed by atoms with van der Waals surface area (Å²) in [7, 11) is 1.59. The number of nitrogens with zero attached hydrogens (tertiary/aromatic N) is 1. The largest absolute Gasteiger partial charge is 0.497 e. The van der Waals surface area contributed by atoms with Gasteiger partial charge >= 0.3 is 0 Å². The zero-order chi connectivity index (χ0) is 16.9. The summed E-state index contributed by atoms with van der Waals surface area (Å²) in [6.07, 6.45) is 0.682. The molecule has 2 fully saturated rings. The fourth-order valence-corrected chi connectivity index (χ4v) is 3.09. The third kappa shape index (κ3) is 4.04. The molecule has 130 valence electrons. The highest BCUT2D eigenvalue weighted by molar-refractivity contribution is 5.97. The highest BCUT2D eigenvalue weighted by atomic mass is 16.5. The van der Waals surface area contributed by atoms with Crippen molar-refractivity contribution < 1.29 is 19.1 Å². The van der Waals surface area contributed by atoms with Crippen molar-refractivity contribution in [2.24, 2.45) is 0 Å². The molecule has 2 atom stereocenters. The monoisotopic (exact) mass is 333 g/mol. The molecule has 0 aliphatic carbocycles. The number of ether oxygens (including phenoxy) is 2. The number of hydrogen-bond acceptors (Lipinski definition) is 5. The summed E-state index contributed by atoms with van der Waals surface area (Å²) in [5, 5.41) is 6.21. The molecule has 0 saturated carbocycles. The van der Waals surface area contributed by atoms with Crippen LogP contribution in [0.25, 0.3) is 0 Å². The van der Waals surface area contributed by atoms with Crippen LogP contribution in [0.5, 0.6) is 5.75 Å². The predicted octanol–water partition coefficient (Wildman–Crippen LogP) is 0.295. The van der Waals surface area contributed by atoms with Crippen LogP contribution in [0.1, 0.15) is 12.8 Å². The molecule has 2 aliphatic heterocycles. The average Bonchev–Trinajstić information content (AvgIpc) is 2.96. The van der Waals surface area contributed by atoms with E-state index in [4.69, 9.17) is 9.47 Å². The highest BCUT2D eigenvalue weighted by Gasteiger charge is 2.32. The van der Waals surface area contributed by atoms with Crippen LogP contribution in [0.4, 0.5) is 5.69 Å². The first-order chi connectivity index (χ1) is 11.7. The third-order valence-corrected chi connectivity index (χ3v) is 4.29. The Hall–Kier alpha value is -2.12. The normalized spacial score (nSPS) is 24.0. The Labute approximate surface area is 141 Å². The second-order valence-corrected chi connectivity index (χ2v) is 6.10. The van der Waals surface area contributed by atoms with Gasteiger partial charge in [0.25, 0.3) is 0 Å². The second kappa shape index (κ2) is 7.63. The van der Waals surface area contributed by atoms with Crippen molar-refractivity contribution in [3.63, 3.8) is 0 Å². The van der Waals surface area contributed by atoms with Gasteiger partial charge < -0.3 is 25.0 Å². The van der Waals surface area contributed by atoms with Gasteiger partial charge in [-0.3, -0.25) is 9.59 Å². The lowest BCUT2D eigenvalue weighted by Crippen LogP contribution is -2.46. The van der Waals surface area contributed by atoms with Crippen LogP contribution < -0.4 is 20.3 Å². The predicted molar refractivity (Wildman–Crippen MR) is 89.1 cm³/mol. The van der Waals surface area contributed by atoms with Crippen LogP contribution in [0, 0.1) is 0 Å². The van der Waals surface area contributed by atoms with Crippen LogP contribution >= 0.6 is 0 Å². The first-order valence-corrected chi connectivity index (χ1v) is 8.20. The third-order valence-electron chi connectivity index (χ3n) is 4.29. The maximum Gasteiger partial charge on any atom is 0.229 e. The van der Waals surface area contributed by atoms with Gasteiger partial charge in [-0.1, -0.05) is 6.07 Å². The van der Waals surface area contributed by atoms with Crippen molar-refractivity contribution in [1.82, 2.24) is 10.6 Å². The molecule has 3 rings (SSSR count). The highest BCUT2D eigenvalue weighted by Crippen LogP contribution is 2.25. The first kappa shape index (κ1) is 16.7. The SMILES string of the molecule is COc1cccc(N2CC(NC(=O)CC3COCCN3)CC2=O)c1. The number of carbonyl (C=O) groups excluding carboxylic acids is 2. The molecule has 2 amide bonds. The molecule has 2 saturated heterocycles. The van der Waals surface area contributed by atoms with Gasteiger partial charge in [-0.25, -0.2) is 0 Å². The van der Waals surface area contributed by atoms with E-state index in [-0.39, 0.29) is 23.9 Å². The van der Waals surface area contributed by atoms with Gasteiger partial charge in [-0.15, -0.1) is 0 Å². The number of rotatable bonds is 5. The van der Waals surface area contributed by atoms with E-state index in [1.165, 1.54) is 0 Å². The topological polar surface area (TPSA) is 79.9 Å². The van der Waals surface area contributed by atoms with Crippen molar-refractivity contribution in [1.29, 1.82) is 0 Å². The Bertz CT molecular complexity index is 601. The molecule has 2 unspecified atom stereocenters. The summed E-state index contributed by atoms with van der Waals surface area (Å²) >= 11 is 0. The van der Waals surface area contributed by atoms with Gasteiger partial charge in [0.05, 0.1) is 26.4 Å². The van der Waals surface area contributed by atoms with Crippen LogP contribution in [0.15, 0.2) is 24.3 Å². The molecule has 0 spiro atoms.